The van der Waals surface area contributed by atoms with Gasteiger partial charge in [0.15, 0.2) is 0 Å². The summed E-state index contributed by atoms with van der Waals surface area (Å²) in [5.74, 6) is 0.804. The molecule has 2 atom stereocenters. The summed E-state index contributed by atoms with van der Waals surface area (Å²) in [6.45, 7) is 1.24. The first-order valence-electron chi connectivity index (χ1n) is 9.22. The number of likely N-dealkylation sites (tertiary alicyclic amines) is 1. The second-order valence-corrected chi connectivity index (χ2v) is 7.08. The fourth-order valence-corrected chi connectivity index (χ4v) is 4.48. The van der Waals surface area contributed by atoms with E-state index in [1.54, 1.807) is 13.3 Å². The molecule has 1 aliphatic carbocycles. The third-order valence-corrected chi connectivity index (χ3v) is 5.64. The second-order valence-electron chi connectivity index (χ2n) is 7.08. The number of methoxy groups -OCH3 is 1. The minimum absolute atomic E-state index is 0.117. The number of benzene rings is 1. The number of amides is 1. The van der Waals surface area contributed by atoms with Crippen LogP contribution in [0.15, 0.2) is 36.5 Å². The quantitative estimate of drug-likeness (QED) is 0.857. The van der Waals surface area contributed by atoms with Gasteiger partial charge >= 0.3 is 0 Å². The first-order chi connectivity index (χ1) is 12.3. The minimum atomic E-state index is 0.117. The van der Waals surface area contributed by atoms with E-state index in [0.29, 0.717) is 24.1 Å². The van der Waals surface area contributed by atoms with Crippen molar-refractivity contribution in [2.75, 3.05) is 13.7 Å². The zero-order valence-electron chi connectivity index (χ0n) is 14.7. The molecule has 2 unspecified atom stereocenters. The van der Waals surface area contributed by atoms with Crippen molar-refractivity contribution in [3.63, 3.8) is 0 Å². The summed E-state index contributed by atoms with van der Waals surface area (Å²) in [4.78, 5) is 15.4. The molecule has 2 heterocycles. The zero-order valence-corrected chi connectivity index (χ0v) is 14.7. The molecule has 2 fully saturated rings. The number of carbonyl (C=O) groups is 1. The topological polar surface area (TPSA) is 47.4 Å². The van der Waals surface area contributed by atoms with Crippen LogP contribution in [-0.4, -0.2) is 40.3 Å². The van der Waals surface area contributed by atoms with Gasteiger partial charge in [-0.3, -0.25) is 4.79 Å². The van der Waals surface area contributed by atoms with Gasteiger partial charge in [-0.25, -0.2) is 4.68 Å². The molecule has 0 radical (unpaired) electrons. The summed E-state index contributed by atoms with van der Waals surface area (Å²) in [7, 11) is 1.66. The second kappa shape index (κ2) is 7.00. The van der Waals surface area contributed by atoms with Crippen molar-refractivity contribution in [1.82, 2.24) is 14.7 Å². The van der Waals surface area contributed by atoms with Gasteiger partial charge in [0.05, 0.1) is 29.7 Å². The van der Waals surface area contributed by atoms with Crippen molar-refractivity contribution in [2.24, 2.45) is 5.92 Å². The Labute approximate surface area is 148 Å². The van der Waals surface area contributed by atoms with Crippen LogP contribution < -0.4 is 0 Å². The highest BCUT2D eigenvalue weighted by atomic mass is 16.5. The number of nitrogens with zero attached hydrogens (tertiary/aromatic N) is 3. The maximum absolute atomic E-state index is 13.3. The van der Waals surface area contributed by atoms with Crippen LogP contribution in [-0.2, 0) is 11.3 Å². The molecule has 2 aliphatic rings. The Balaban J connectivity index is 1.67. The minimum Gasteiger partial charge on any atom is -0.378 e. The predicted molar refractivity (Wildman–Crippen MR) is 95.7 cm³/mol. The molecule has 132 valence electrons. The van der Waals surface area contributed by atoms with Gasteiger partial charge in [0.1, 0.15) is 0 Å². The van der Waals surface area contributed by atoms with Gasteiger partial charge in [-0.2, -0.15) is 5.10 Å². The smallest absolute Gasteiger partial charge is 0.257 e. The van der Waals surface area contributed by atoms with Gasteiger partial charge in [0, 0.05) is 19.7 Å². The molecule has 4 rings (SSSR count). The van der Waals surface area contributed by atoms with Crippen LogP contribution in [0.1, 0.15) is 48.2 Å². The molecule has 25 heavy (non-hydrogen) atoms. The summed E-state index contributed by atoms with van der Waals surface area (Å²) >= 11 is 0. The number of carbonyl (C=O) groups excluding carboxylic acids is 1. The fourth-order valence-electron chi connectivity index (χ4n) is 4.48. The van der Waals surface area contributed by atoms with Gasteiger partial charge < -0.3 is 9.64 Å². The molecule has 1 saturated heterocycles. The Morgan fingerprint density at radius 1 is 1.20 bits per heavy atom. The Morgan fingerprint density at radius 2 is 2.00 bits per heavy atom. The van der Waals surface area contributed by atoms with Crippen LogP contribution in [0.25, 0.3) is 5.69 Å². The van der Waals surface area contributed by atoms with E-state index in [-0.39, 0.29) is 5.91 Å². The molecule has 5 heteroatoms. The highest BCUT2D eigenvalue weighted by molar-refractivity contribution is 5.95. The largest absolute Gasteiger partial charge is 0.378 e. The molecule has 0 spiro atoms. The van der Waals surface area contributed by atoms with Gasteiger partial charge in [-0.05, 0) is 43.7 Å². The molecular weight excluding hydrogens is 314 g/mol. The van der Waals surface area contributed by atoms with Crippen LogP contribution in [0.2, 0.25) is 0 Å². The number of piperidine rings is 1. The number of ether oxygens (including phenoxy) is 1. The van der Waals surface area contributed by atoms with E-state index in [9.17, 15) is 4.79 Å². The van der Waals surface area contributed by atoms with Crippen LogP contribution in [0.5, 0.6) is 0 Å². The fraction of sp³-hybridized carbons (Fsp3) is 0.500. The van der Waals surface area contributed by atoms with E-state index < -0.39 is 0 Å². The maximum atomic E-state index is 13.3. The number of para-hydroxylation sites is 1. The predicted octanol–water partition coefficient (Wildman–Crippen LogP) is 3.42. The van der Waals surface area contributed by atoms with E-state index in [1.807, 2.05) is 35.0 Å². The molecule has 2 aromatic rings. The Bertz CT molecular complexity index is 741. The van der Waals surface area contributed by atoms with E-state index in [2.05, 4.69) is 10.00 Å². The first kappa shape index (κ1) is 16.3. The number of fused-ring (bicyclic) bond motifs is 1. The first-order valence-corrected chi connectivity index (χ1v) is 9.22. The van der Waals surface area contributed by atoms with Crippen molar-refractivity contribution in [2.45, 2.75) is 44.8 Å². The Hall–Kier alpha value is -2.14. The van der Waals surface area contributed by atoms with E-state index in [1.165, 1.54) is 19.3 Å². The summed E-state index contributed by atoms with van der Waals surface area (Å²) in [6, 6.07) is 10.3. The van der Waals surface area contributed by atoms with Gasteiger partial charge in [0.25, 0.3) is 5.91 Å². The standard InChI is InChI=1S/C20H25N3O2/c1-25-14-19-17(13-21-23(19)16-9-3-2-4-10-16)20(24)22-12-6-8-15-7-5-11-18(15)22/h2-4,9-10,13,15,18H,5-8,11-12,14H2,1H3. The van der Waals surface area contributed by atoms with Crippen molar-refractivity contribution in [1.29, 1.82) is 0 Å². The molecule has 1 amide bonds. The van der Waals surface area contributed by atoms with Crippen LogP contribution in [0.4, 0.5) is 0 Å². The van der Waals surface area contributed by atoms with Crippen LogP contribution in [0, 0.1) is 5.92 Å². The summed E-state index contributed by atoms with van der Waals surface area (Å²) in [5.41, 5.74) is 2.46. The van der Waals surface area contributed by atoms with E-state index in [0.717, 1.165) is 30.8 Å². The highest BCUT2D eigenvalue weighted by Gasteiger charge is 2.38. The highest BCUT2D eigenvalue weighted by Crippen LogP contribution is 2.37. The Morgan fingerprint density at radius 3 is 2.80 bits per heavy atom. The number of rotatable bonds is 4. The molecule has 1 aliphatic heterocycles. The Kier molecular flexibility index (Phi) is 4.57. The lowest BCUT2D eigenvalue weighted by atomic mass is 9.91. The molecule has 0 bridgehead atoms. The molecule has 5 nitrogen and oxygen atoms in total. The summed E-state index contributed by atoms with van der Waals surface area (Å²) in [6.07, 6.45) is 7.74. The average Bonchev–Trinajstić information content (AvgIpc) is 3.29. The monoisotopic (exact) mass is 339 g/mol. The van der Waals surface area contributed by atoms with Crippen LogP contribution in [0.3, 0.4) is 0 Å². The van der Waals surface area contributed by atoms with Crippen molar-refractivity contribution < 1.29 is 9.53 Å². The summed E-state index contributed by atoms with van der Waals surface area (Å²) in [5, 5.41) is 4.50. The van der Waals surface area contributed by atoms with Crippen LogP contribution >= 0.6 is 0 Å². The normalized spacial score (nSPS) is 22.8. The van der Waals surface area contributed by atoms with Crippen molar-refractivity contribution >= 4 is 5.91 Å². The van der Waals surface area contributed by atoms with E-state index >= 15 is 0 Å². The molecule has 1 saturated carbocycles. The molecule has 1 aromatic heterocycles. The third kappa shape index (κ3) is 2.97. The lowest BCUT2D eigenvalue weighted by Crippen LogP contribution is -2.46. The van der Waals surface area contributed by atoms with Crippen molar-refractivity contribution in [3.05, 3.63) is 47.8 Å². The number of hydrogen-bond acceptors (Lipinski definition) is 3. The lowest BCUT2D eigenvalue weighted by molar-refractivity contribution is 0.0544. The van der Waals surface area contributed by atoms with Gasteiger partial charge in [0.2, 0.25) is 0 Å². The van der Waals surface area contributed by atoms with Crippen molar-refractivity contribution in [3.8, 4) is 5.69 Å². The lowest BCUT2D eigenvalue weighted by Gasteiger charge is -2.37. The zero-order chi connectivity index (χ0) is 17.2. The molecular formula is C20H25N3O2. The molecule has 1 aromatic carbocycles. The van der Waals surface area contributed by atoms with E-state index in [4.69, 9.17) is 4.74 Å². The SMILES string of the molecule is COCc1c(C(=O)N2CCCC3CCCC32)cnn1-c1ccccc1. The third-order valence-electron chi connectivity index (χ3n) is 5.64. The maximum Gasteiger partial charge on any atom is 0.257 e. The van der Waals surface area contributed by atoms with Gasteiger partial charge in [-0.15, -0.1) is 0 Å². The van der Waals surface area contributed by atoms with Gasteiger partial charge in [-0.1, -0.05) is 24.6 Å². The summed E-state index contributed by atoms with van der Waals surface area (Å²) < 4.78 is 7.21. The number of aromatic nitrogens is 2. The molecule has 0 N–H and O–H groups in total. The number of hydrogen-bond donors (Lipinski definition) is 0. The average molecular weight is 339 g/mol.